The standard InChI is InChI=1S/C13H21N3O2/c14-7-10(17)6-9-2-1-3-11(13(9)15)12-8-16-4-5-18-12/h1-3,10,12,16-17H,4-8,14-15H2. The van der Waals surface area contributed by atoms with Crippen molar-refractivity contribution in [1.29, 1.82) is 0 Å². The second kappa shape index (κ2) is 6.15. The van der Waals surface area contributed by atoms with Crippen molar-refractivity contribution in [2.24, 2.45) is 5.73 Å². The second-order valence-electron chi connectivity index (χ2n) is 4.58. The number of para-hydroxylation sites is 1. The fourth-order valence-corrected chi connectivity index (χ4v) is 2.19. The summed E-state index contributed by atoms with van der Waals surface area (Å²) in [5.41, 5.74) is 14.2. The van der Waals surface area contributed by atoms with E-state index in [1.54, 1.807) is 0 Å². The summed E-state index contributed by atoms with van der Waals surface area (Å²) in [6.07, 6.45) is -0.0715. The smallest absolute Gasteiger partial charge is 0.0969 e. The van der Waals surface area contributed by atoms with Crippen LogP contribution in [0.2, 0.25) is 0 Å². The molecule has 6 N–H and O–H groups in total. The molecule has 1 heterocycles. The van der Waals surface area contributed by atoms with Crippen LogP contribution in [0.25, 0.3) is 0 Å². The molecule has 0 saturated carbocycles. The predicted molar refractivity (Wildman–Crippen MR) is 71.2 cm³/mol. The fourth-order valence-electron chi connectivity index (χ4n) is 2.19. The van der Waals surface area contributed by atoms with Crippen molar-refractivity contribution in [2.45, 2.75) is 18.6 Å². The zero-order valence-electron chi connectivity index (χ0n) is 10.4. The third-order valence-corrected chi connectivity index (χ3v) is 3.23. The van der Waals surface area contributed by atoms with E-state index in [2.05, 4.69) is 5.32 Å². The van der Waals surface area contributed by atoms with E-state index in [0.717, 1.165) is 24.2 Å². The highest BCUT2D eigenvalue weighted by molar-refractivity contribution is 5.55. The quantitative estimate of drug-likeness (QED) is 0.556. The van der Waals surface area contributed by atoms with Gasteiger partial charge in [-0.05, 0) is 5.56 Å². The lowest BCUT2D eigenvalue weighted by molar-refractivity contribution is 0.0281. The van der Waals surface area contributed by atoms with Crippen LogP contribution in [-0.4, -0.2) is 37.5 Å². The van der Waals surface area contributed by atoms with E-state index in [4.69, 9.17) is 16.2 Å². The lowest BCUT2D eigenvalue weighted by Crippen LogP contribution is -2.33. The topological polar surface area (TPSA) is 93.5 Å². The third-order valence-electron chi connectivity index (χ3n) is 3.23. The molecule has 2 unspecified atom stereocenters. The maximum absolute atomic E-state index is 9.61. The molecule has 0 bridgehead atoms. The van der Waals surface area contributed by atoms with Crippen LogP contribution in [-0.2, 0) is 11.2 Å². The molecular formula is C13H21N3O2. The summed E-state index contributed by atoms with van der Waals surface area (Å²) < 4.78 is 5.70. The molecule has 2 atom stereocenters. The van der Waals surface area contributed by atoms with Gasteiger partial charge < -0.3 is 26.6 Å². The van der Waals surface area contributed by atoms with Crippen LogP contribution < -0.4 is 16.8 Å². The maximum Gasteiger partial charge on any atom is 0.0969 e. The Morgan fingerprint density at radius 1 is 1.50 bits per heavy atom. The van der Waals surface area contributed by atoms with Crippen LogP contribution in [0.4, 0.5) is 5.69 Å². The van der Waals surface area contributed by atoms with E-state index < -0.39 is 6.10 Å². The Bertz CT molecular complexity index is 392. The first-order chi connectivity index (χ1) is 8.72. The minimum absolute atomic E-state index is 0.00582. The van der Waals surface area contributed by atoms with Gasteiger partial charge in [-0.15, -0.1) is 0 Å². The summed E-state index contributed by atoms with van der Waals surface area (Å²) in [6.45, 7) is 2.58. The fraction of sp³-hybridized carbons (Fsp3) is 0.538. The first kappa shape index (κ1) is 13.3. The van der Waals surface area contributed by atoms with Gasteiger partial charge in [0.05, 0.1) is 18.8 Å². The summed E-state index contributed by atoms with van der Waals surface area (Å²) >= 11 is 0. The van der Waals surface area contributed by atoms with Gasteiger partial charge in [-0.25, -0.2) is 0 Å². The molecule has 0 amide bonds. The van der Waals surface area contributed by atoms with E-state index in [0.29, 0.717) is 18.7 Å². The van der Waals surface area contributed by atoms with Crippen molar-refractivity contribution in [3.8, 4) is 0 Å². The van der Waals surface area contributed by atoms with Gasteiger partial charge in [-0.3, -0.25) is 0 Å². The Balaban J connectivity index is 2.18. The van der Waals surface area contributed by atoms with Crippen molar-refractivity contribution in [3.05, 3.63) is 29.3 Å². The van der Waals surface area contributed by atoms with Gasteiger partial charge in [0, 0.05) is 37.3 Å². The first-order valence-electron chi connectivity index (χ1n) is 6.30. The van der Waals surface area contributed by atoms with Crippen LogP contribution in [0.3, 0.4) is 0 Å². The molecule has 1 aliphatic heterocycles. The van der Waals surface area contributed by atoms with E-state index in [9.17, 15) is 5.11 Å². The number of rotatable bonds is 4. The lowest BCUT2D eigenvalue weighted by Gasteiger charge is -2.26. The van der Waals surface area contributed by atoms with Crippen molar-refractivity contribution >= 4 is 5.69 Å². The summed E-state index contributed by atoms with van der Waals surface area (Å²) in [7, 11) is 0. The van der Waals surface area contributed by atoms with Crippen molar-refractivity contribution in [2.75, 3.05) is 32.0 Å². The number of nitrogens with two attached hydrogens (primary N) is 2. The molecule has 1 aromatic rings. The summed E-state index contributed by atoms with van der Waals surface area (Å²) in [4.78, 5) is 0. The lowest BCUT2D eigenvalue weighted by atomic mass is 9.98. The van der Waals surface area contributed by atoms with Crippen LogP contribution in [0, 0.1) is 0 Å². The highest BCUT2D eigenvalue weighted by Gasteiger charge is 2.19. The summed E-state index contributed by atoms with van der Waals surface area (Å²) in [5.74, 6) is 0. The molecule has 1 fully saturated rings. The van der Waals surface area contributed by atoms with E-state index in [-0.39, 0.29) is 12.6 Å². The Morgan fingerprint density at radius 3 is 3.00 bits per heavy atom. The normalized spacial score (nSPS) is 21.8. The van der Waals surface area contributed by atoms with E-state index in [1.165, 1.54) is 0 Å². The SMILES string of the molecule is NCC(O)Cc1cccc(C2CNCCO2)c1N. The molecular weight excluding hydrogens is 230 g/mol. The minimum Gasteiger partial charge on any atom is -0.398 e. The monoisotopic (exact) mass is 251 g/mol. The molecule has 18 heavy (non-hydrogen) atoms. The maximum atomic E-state index is 9.61. The Labute approximate surface area is 107 Å². The van der Waals surface area contributed by atoms with Gasteiger partial charge in [0.15, 0.2) is 0 Å². The third kappa shape index (κ3) is 3.00. The van der Waals surface area contributed by atoms with Gasteiger partial charge in [0.2, 0.25) is 0 Å². The number of anilines is 1. The zero-order valence-corrected chi connectivity index (χ0v) is 10.4. The Morgan fingerprint density at radius 2 is 2.33 bits per heavy atom. The molecule has 1 aromatic carbocycles. The van der Waals surface area contributed by atoms with Crippen molar-refractivity contribution in [1.82, 2.24) is 5.32 Å². The number of ether oxygens (including phenoxy) is 1. The second-order valence-corrected chi connectivity index (χ2v) is 4.58. The number of hydrogen-bond acceptors (Lipinski definition) is 5. The van der Waals surface area contributed by atoms with Gasteiger partial charge in [0.25, 0.3) is 0 Å². The van der Waals surface area contributed by atoms with Crippen LogP contribution in [0.1, 0.15) is 17.2 Å². The highest BCUT2D eigenvalue weighted by atomic mass is 16.5. The minimum atomic E-state index is -0.548. The number of morpholine rings is 1. The Kier molecular flexibility index (Phi) is 4.54. The number of nitrogen functional groups attached to an aromatic ring is 1. The molecule has 5 nitrogen and oxygen atoms in total. The summed E-state index contributed by atoms with van der Waals surface area (Å²) in [5, 5.41) is 12.9. The molecule has 100 valence electrons. The molecule has 0 radical (unpaired) electrons. The molecule has 1 aliphatic rings. The van der Waals surface area contributed by atoms with E-state index in [1.807, 2.05) is 18.2 Å². The molecule has 0 aromatic heterocycles. The number of aliphatic hydroxyl groups excluding tert-OH is 1. The number of hydrogen-bond donors (Lipinski definition) is 4. The van der Waals surface area contributed by atoms with Gasteiger partial charge in [0.1, 0.15) is 0 Å². The van der Waals surface area contributed by atoms with Crippen LogP contribution in [0.15, 0.2) is 18.2 Å². The van der Waals surface area contributed by atoms with Crippen molar-refractivity contribution < 1.29 is 9.84 Å². The molecule has 1 saturated heterocycles. The first-order valence-corrected chi connectivity index (χ1v) is 6.30. The Hall–Kier alpha value is -1.14. The van der Waals surface area contributed by atoms with E-state index >= 15 is 0 Å². The van der Waals surface area contributed by atoms with Gasteiger partial charge in [-0.2, -0.15) is 0 Å². The average molecular weight is 251 g/mol. The molecule has 2 rings (SSSR count). The zero-order chi connectivity index (χ0) is 13.0. The van der Waals surface area contributed by atoms with Crippen LogP contribution in [0.5, 0.6) is 0 Å². The summed E-state index contributed by atoms with van der Waals surface area (Å²) in [6, 6.07) is 5.85. The predicted octanol–water partition coefficient (Wildman–Crippen LogP) is -0.208. The van der Waals surface area contributed by atoms with Gasteiger partial charge >= 0.3 is 0 Å². The van der Waals surface area contributed by atoms with Gasteiger partial charge in [-0.1, -0.05) is 18.2 Å². The number of benzene rings is 1. The number of nitrogens with one attached hydrogen (secondary N) is 1. The molecule has 0 spiro atoms. The van der Waals surface area contributed by atoms with Crippen molar-refractivity contribution in [3.63, 3.8) is 0 Å². The molecule has 5 heteroatoms. The largest absolute Gasteiger partial charge is 0.398 e. The molecule has 0 aliphatic carbocycles. The van der Waals surface area contributed by atoms with Crippen LogP contribution >= 0.6 is 0 Å². The number of aliphatic hydroxyl groups is 1. The highest BCUT2D eigenvalue weighted by Crippen LogP contribution is 2.27. The average Bonchev–Trinajstić information content (AvgIpc) is 2.42.